The van der Waals surface area contributed by atoms with E-state index in [0.29, 0.717) is 0 Å². The average Bonchev–Trinajstić information content (AvgIpc) is 3.22. The fraction of sp³-hybridized carbons (Fsp3) is 0.704. The van der Waals surface area contributed by atoms with Gasteiger partial charge in [-0.15, -0.1) is 0 Å². The Morgan fingerprint density at radius 2 is 1.40 bits per heavy atom. The molecule has 0 fully saturated rings. The molecule has 3 heteroatoms. The molecular weight excluding hydrogens is 417 g/mol. The van der Waals surface area contributed by atoms with E-state index in [4.69, 9.17) is 4.74 Å². The molecule has 0 saturated heterocycles. The Morgan fingerprint density at radius 3 is 1.77 bits per heavy atom. The summed E-state index contributed by atoms with van der Waals surface area (Å²) in [4.78, 5) is 0. The maximum Gasteiger partial charge on any atom is 0.0425 e. The summed E-state index contributed by atoms with van der Waals surface area (Å²) in [7, 11) is -1.12. The monoisotopic (exact) mass is 467 g/mol. The molecule has 0 amide bonds. The summed E-state index contributed by atoms with van der Waals surface area (Å²) in [5.74, 6) is 0. The van der Waals surface area contributed by atoms with E-state index in [1.54, 1.807) is 6.08 Å². The van der Waals surface area contributed by atoms with Gasteiger partial charge in [0.1, 0.15) is 0 Å². The van der Waals surface area contributed by atoms with Crippen LogP contribution < -0.4 is 0 Å². The molecule has 0 saturated carbocycles. The SMILES string of the molecule is C=CC=CCCC.CCCCCP(CCCCC)(CCCCC)=NC1=CC=CC1.[Ti]. The first kappa shape index (κ1) is 32.1. The Balaban J connectivity index is 0. The predicted octanol–water partition coefficient (Wildman–Crippen LogP) is 10.1. The van der Waals surface area contributed by atoms with E-state index in [-0.39, 0.29) is 21.7 Å². The van der Waals surface area contributed by atoms with E-state index >= 15 is 0 Å². The van der Waals surface area contributed by atoms with Gasteiger partial charge in [-0.2, -0.15) is 0 Å². The van der Waals surface area contributed by atoms with Crippen molar-refractivity contribution in [1.29, 1.82) is 0 Å². The van der Waals surface area contributed by atoms with Gasteiger partial charge in [-0.3, -0.25) is 4.74 Å². The number of nitrogens with zero attached hydrogens (tertiary/aromatic N) is 1. The molecule has 0 unspecified atom stereocenters. The molecule has 1 aliphatic carbocycles. The van der Waals surface area contributed by atoms with Crippen LogP contribution in [0.4, 0.5) is 0 Å². The summed E-state index contributed by atoms with van der Waals surface area (Å²) < 4.78 is 5.43. The molecule has 0 bridgehead atoms. The minimum atomic E-state index is -1.12. The van der Waals surface area contributed by atoms with Crippen LogP contribution in [0.15, 0.2) is 53.5 Å². The summed E-state index contributed by atoms with van der Waals surface area (Å²) in [6, 6.07) is 0. The fourth-order valence-electron chi connectivity index (χ4n) is 3.60. The third-order valence-corrected chi connectivity index (χ3v) is 9.48. The van der Waals surface area contributed by atoms with Gasteiger partial charge in [0.15, 0.2) is 0 Å². The first-order valence-corrected chi connectivity index (χ1v) is 14.7. The van der Waals surface area contributed by atoms with Crippen LogP contribution in [0, 0.1) is 0 Å². The van der Waals surface area contributed by atoms with Crippen molar-refractivity contribution in [2.24, 2.45) is 4.74 Å². The normalized spacial score (nSPS) is 12.9. The average molecular weight is 468 g/mol. The Morgan fingerprint density at radius 1 is 0.867 bits per heavy atom. The second kappa shape index (κ2) is 23.6. The minimum absolute atomic E-state index is 0. The first-order valence-electron chi connectivity index (χ1n) is 12.4. The molecule has 0 aromatic heterocycles. The Bertz CT molecular complexity index is 498. The number of unbranched alkanes of at least 4 members (excludes halogenated alkanes) is 7. The van der Waals surface area contributed by atoms with E-state index in [9.17, 15) is 0 Å². The standard InChI is InChI=1S/C20H38NP.C7H12.Ti/c1-4-7-12-17-22(18-13-8-5-2,19-14-9-6-3)21-20-15-10-11-16-20;1-3-5-7-6-4-2;/h10-11,15H,4-9,12-14,16-19H2,1-3H3;3,5,7H,1,4,6H2,2H3;. The summed E-state index contributed by atoms with van der Waals surface area (Å²) in [6.45, 7) is 12.6. The molecule has 0 N–H and O–H groups in total. The maximum atomic E-state index is 5.43. The molecule has 1 aliphatic rings. The van der Waals surface area contributed by atoms with Gasteiger partial charge in [0.25, 0.3) is 0 Å². The molecular formula is C27H50NPTi. The molecule has 0 atom stereocenters. The van der Waals surface area contributed by atoms with Crippen LogP contribution in [0.25, 0.3) is 0 Å². The van der Waals surface area contributed by atoms with Crippen LogP contribution in [-0.4, -0.2) is 18.5 Å². The van der Waals surface area contributed by atoms with Crippen molar-refractivity contribution in [3.8, 4) is 0 Å². The molecule has 1 nitrogen and oxygen atoms in total. The van der Waals surface area contributed by atoms with Gasteiger partial charge in [0, 0.05) is 33.8 Å². The topological polar surface area (TPSA) is 12.4 Å². The predicted molar refractivity (Wildman–Crippen MR) is 139 cm³/mol. The molecule has 0 spiro atoms. The van der Waals surface area contributed by atoms with E-state index < -0.39 is 7.05 Å². The summed E-state index contributed by atoms with van der Waals surface area (Å²) in [6.07, 6.45) is 32.6. The largest absolute Gasteiger partial charge is 0.272 e. The number of hydrogen-bond acceptors (Lipinski definition) is 1. The summed E-state index contributed by atoms with van der Waals surface area (Å²) in [5.41, 5.74) is 1.37. The van der Waals surface area contributed by atoms with Gasteiger partial charge in [0.2, 0.25) is 0 Å². The number of allylic oxidation sites excluding steroid dienone is 6. The van der Waals surface area contributed by atoms with Gasteiger partial charge < -0.3 is 0 Å². The molecule has 0 radical (unpaired) electrons. The quantitative estimate of drug-likeness (QED) is 0.0926. The third kappa shape index (κ3) is 17.6. The Kier molecular flexibility index (Phi) is 25.2. The van der Waals surface area contributed by atoms with Crippen molar-refractivity contribution in [1.82, 2.24) is 0 Å². The van der Waals surface area contributed by atoms with Crippen LogP contribution >= 0.6 is 7.05 Å². The van der Waals surface area contributed by atoms with Gasteiger partial charge >= 0.3 is 0 Å². The molecule has 30 heavy (non-hydrogen) atoms. The fourth-order valence-corrected chi connectivity index (χ4v) is 7.70. The second-order valence-electron chi connectivity index (χ2n) is 8.23. The Labute approximate surface area is 204 Å². The first-order chi connectivity index (χ1) is 14.2. The zero-order chi connectivity index (χ0) is 21.6. The molecule has 172 valence electrons. The van der Waals surface area contributed by atoms with Crippen molar-refractivity contribution in [2.75, 3.05) is 18.5 Å². The minimum Gasteiger partial charge on any atom is -0.272 e. The van der Waals surface area contributed by atoms with Crippen molar-refractivity contribution in [2.45, 2.75) is 105 Å². The van der Waals surface area contributed by atoms with Crippen LogP contribution in [-0.2, 0) is 21.7 Å². The smallest absolute Gasteiger partial charge is 0.0425 e. The molecule has 0 aromatic rings. The van der Waals surface area contributed by atoms with Gasteiger partial charge in [-0.1, -0.05) is 110 Å². The van der Waals surface area contributed by atoms with Crippen molar-refractivity contribution in [3.63, 3.8) is 0 Å². The molecule has 0 aromatic carbocycles. The van der Waals surface area contributed by atoms with E-state index in [1.165, 1.54) is 94.8 Å². The van der Waals surface area contributed by atoms with Gasteiger partial charge in [-0.25, -0.2) is 0 Å². The van der Waals surface area contributed by atoms with Crippen LogP contribution in [0.1, 0.15) is 105 Å². The van der Waals surface area contributed by atoms with Gasteiger partial charge in [-0.05, 0) is 57.3 Å². The van der Waals surface area contributed by atoms with Gasteiger partial charge in [0.05, 0.1) is 0 Å². The third-order valence-electron chi connectivity index (χ3n) is 5.35. The zero-order valence-electron chi connectivity index (χ0n) is 20.7. The van der Waals surface area contributed by atoms with E-state index in [1.807, 2.05) is 6.08 Å². The van der Waals surface area contributed by atoms with Crippen molar-refractivity contribution >= 4 is 7.05 Å². The maximum absolute atomic E-state index is 5.43. The van der Waals surface area contributed by atoms with Crippen LogP contribution in [0.5, 0.6) is 0 Å². The van der Waals surface area contributed by atoms with Crippen LogP contribution in [0.3, 0.4) is 0 Å². The van der Waals surface area contributed by atoms with Crippen LogP contribution in [0.2, 0.25) is 0 Å². The summed E-state index contributed by atoms with van der Waals surface area (Å²) >= 11 is 0. The number of hydrogen-bond donors (Lipinski definition) is 0. The Hall–Kier alpha value is -0.0957. The number of rotatable bonds is 16. The zero-order valence-corrected chi connectivity index (χ0v) is 23.1. The molecule has 1 rings (SSSR count). The van der Waals surface area contributed by atoms with Crippen molar-refractivity contribution < 1.29 is 21.7 Å². The van der Waals surface area contributed by atoms with E-state index in [0.717, 1.165) is 6.42 Å². The van der Waals surface area contributed by atoms with E-state index in [2.05, 4.69) is 58.6 Å². The molecule has 0 aliphatic heterocycles. The molecule has 0 heterocycles. The van der Waals surface area contributed by atoms with Crippen molar-refractivity contribution in [3.05, 3.63) is 48.7 Å². The summed E-state index contributed by atoms with van der Waals surface area (Å²) in [5, 5.41) is 0. The second-order valence-corrected chi connectivity index (χ2v) is 12.0.